The van der Waals surface area contributed by atoms with Crippen molar-refractivity contribution in [2.75, 3.05) is 5.32 Å². The Kier molecular flexibility index (Phi) is 3.19. The fourth-order valence-electron chi connectivity index (χ4n) is 1.69. The summed E-state index contributed by atoms with van der Waals surface area (Å²) in [6.07, 6.45) is 0. The summed E-state index contributed by atoms with van der Waals surface area (Å²) < 4.78 is 0. The summed E-state index contributed by atoms with van der Waals surface area (Å²) in [7, 11) is 0. The van der Waals surface area contributed by atoms with Crippen LogP contribution in [0.25, 0.3) is 0 Å². The Balaban J connectivity index is 2.20. The van der Waals surface area contributed by atoms with Gasteiger partial charge >= 0.3 is 0 Å². The average Bonchev–Trinajstić information content (AvgIpc) is 2.29. The Hall–Kier alpha value is -2.16. The van der Waals surface area contributed by atoms with Crippen LogP contribution in [0.3, 0.4) is 0 Å². The van der Waals surface area contributed by atoms with Gasteiger partial charge in [0, 0.05) is 22.6 Å². The molecule has 0 bridgehead atoms. The summed E-state index contributed by atoms with van der Waals surface area (Å²) in [6.45, 7) is 3.76. The molecule has 1 aromatic carbocycles. The molecular formula is C14H14N2O. The predicted molar refractivity (Wildman–Crippen MR) is 68.1 cm³/mol. The maximum Gasteiger partial charge on any atom is 0.255 e. The second kappa shape index (κ2) is 4.78. The summed E-state index contributed by atoms with van der Waals surface area (Å²) in [5.41, 5.74) is 3.13. The van der Waals surface area contributed by atoms with E-state index in [1.807, 2.05) is 44.2 Å². The third-order valence-electron chi connectivity index (χ3n) is 2.38. The zero-order valence-electron chi connectivity index (χ0n) is 9.90. The van der Waals surface area contributed by atoms with Crippen LogP contribution in [0, 0.1) is 13.8 Å². The van der Waals surface area contributed by atoms with Crippen molar-refractivity contribution in [3.63, 3.8) is 0 Å². The van der Waals surface area contributed by atoms with Gasteiger partial charge in [-0.2, -0.15) is 0 Å². The van der Waals surface area contributed by atoms with Crippen LogP contribution in [-0.4, -0.2) is 10.9 Å². The van der Waals surface area contributed by atoms with Crippen LogP contribution >= 0.6 is 0 Å². The van der Waals surface area contributed by atoms with Crippen LogP contribution < -0.4 is 5.32 Å². The molecule has 2 aromatic rings. The number of carbonyl (C=O) groups is 1. The number of para-hydroxylation sites is 1. The van der Waals surface area contributed by atoms with Gasteiger partial charge in [0.15, 0.2) is 0 Å². The van der Waals surface area contributed by atoms with Crippen LogP contribution in [0.1, 0.15) is 21.7 Å². The molecule has 1 aromatic heterocycles. The first-order valence-corrected chi connectivity index (χ1v) is 5.47. The number of nitrogens with zero attached hydrogens (tertiary/aromatic N) is 1. The van der Waals surface area contributed by atoms with Crippen LogP contribution in [0.4, 0.5) is 5.69 Å². The van der Waals surface area contributed by atoms with E-state index in [1.165, 1.54) is 0 Å². The molecule has 0 unspecified atom stereocenters. The monoisotopic (exact) mass is 226 g/mol. The highest BCUT2D eigenvalue weighted by Gasteiger charge is 2.07. The highest BCUT2D eigenvalue weighted by atomic mass is 16.1. The van der Waals surface area contributed by atoms with Gasteiger partial charge in [0.25, 0.3) is 5.91 Å². The van der Waals surface area contributed by atoms with Crippen LogP contribution in [0.5, 0.6) is 0 Å². The lowest BCUT2D eigenvalue weighted by Crippen LogP contribution is -2.12. The zero-order chi connectivity index (χ0) is 12.3. The summed E-state index contributed by atoms with van der Waals surface area (Å²) in [4.78, 5) is 16.2. The number of carbonyl (C=O) groups excluding carboxylic acids is 1. The minimum Gasteiger partial charge on any atom is -0.322 e. The van der Waals surface area contributed by atoms with Gasteiger partial charge in [0.2, 0.25) is 0 Å². The number of aryl methyl sites for hydroxylation is 2. The van der Waals surface area contributed by atoms with Gasteiger partial charge in [-0.05, 0) is 38.1 Å². The summed E-state index contributed by atoms with van der Waals surface area (Å²) >= 11 is 0. The number of pyridine rings is 1. The lowest BCUT2D eigenvalue weighted by Gasteiger charge is -2.06. The summed E-state index contributed by atoms with van der Waals surface area (Å²) in [5.74, 6) is -0.107. The molecule has 2 rings (SSSR count). The third kappa shape index (κ3) is 2.91. The number of nitrogens with one attached hydrogen (secondary N) is 1. The van der Waals surface area contributed by atoms with E-state index in [9.17, 15) is 4.79 Å². The maximum absolute atomic E-state index is 12.0. The van der Waals surface area contributed by atoms with Gasteiger partial charge < -0.3 is 5.32 Å². The van der Waals surface area contributed by atoms with Crippen molar-refractivity contribution >= 4 is 11.6 Å². The highest BCUT2D eigenvalue weighted by Crippen LogP contribution is 2.10. The molecule has 0 radical (unpaired) electrons. The quantitative estimate of drug-likeness (QED) is 0.855. The summed E-state index contributed by atoms with van der Waals surface area (Å²) in [5, 5.41) is 2.85. The Morgan fingerprint density at radius 3 is 2.24 bits per heavy atom. The average molecular weight is 226 g/mol. The van der Waals surface area contributed by atoms with Gasteiger partial charge in [-0.15, -0.1) is 0 Å². The Morgan fingerprint density at radius 1 is 1.06 bits per heavy atom. The van der Waals surface area contributed by atoms with Crippen molar-refractivity contribution in [3.8, 4) is 0 Å². The van der Waals surface area contributed by atoms with E-state index in [4.69, 9.17) is 0 Å². The number of anilines is 1. The van der Waals surface area contributed by atoms with Crippen LogP contribution in [-0.2, 0) is 0 Å². The second-order valence-electron chi connectivity index (χ2n) is 3.96. The van der Waals surface area contributed by atoms with Crippen LogP contribution in [0.2, 0.25) is 0 Å². The number of amides is 1. The van der Waals surface area contributed by atoms with E-state index < -0.39 is 0 Å². The van der Waals surface area contributed by atoms with Crippen LogP contribution in [0.15, 0.2) is 42.5 Å². The Bertz CT molecular complexity index is 515. The molecule has 0 fully saturated rings. The van der Waals surface area contributed by atoms with E-state index in [2.05, 4.69) is 10.3 Å². The van der Waals surface area contributed by atoms with Crippen molar-refractivity contribution in [2.45, 2.75) is 13.8 Å². The minimum absolute atomic E-state index is 0.107. The SMILES string of the molecule is Cc1cc(C(=O)Nc2ccccc2)cc(C)n1. The molecule has 86 valence electrons. The van der Waals surface area contributed by atoms with Gasteiger partial charge in [-0.25, -0.2) is 0 Å². The number of aromatic nitrogens is 1. The zero-order valence-corrected chi connectivity index (χ0v) is 9.90. The maximum atomic E-state index is 12.0. The van der Waals surface area contributed by atoms with Gasteiger partial charge in [0.1, 0.15) is 0 Å². The molecule has 0 aliphatic rings. The largest absolute Gasteiger partial charge is 0.322 e. The summed E-state index contributed by atoms with van der Waals surface area (Å²) in [6, 6.07) is 13.0. The number of hydrogen-bond donors (Lipinski definition) is 1. The number of benzene rings is 1. The smallest absolute Gasteiger partial charge is 0.255 e. The van der Waals surface area contributed by atoms with E-state index in [0.717, 1.165) is 17.1 Å². The predicted octanol–water partition coefficient (Wildman–Crippen LogP) is 2.95. The molecule has 17 heavy (non-hydrogen) atoms. The van der Waals surface area contributed by atoms with Crippen molar-refractivity contribution < 1.29 is 4.79 Å². The van der Waals surface area contributed by atoms with Gasteiger partial charge in [0.05, 0.1) is 0 Å². The first-order valence-electron chi connectivity index (χ1n) is 5.47. The van der Waals surface area contributed by atoms with Crippen molar-refractivity contribution in [3.05, 3.63) is 59.4 Å². The molecule has 0 saturated carbocycles. The second-order valence-corrected chi connectivity index (χ2v) is 3.96. The van der Waals surface area contributed by atoms with Crippen molar-refractivity contribution in [2.24, 2.45) is 0 Å². The normalized spacial score (nSPS) is 10.0. The Labute approximate surface area is 101 Å². The Morgan fingerprint density at radius 2 is 1.65 bits per heavy atom. The molecule has 0 saturated heterocycles. The molecule has 1 amide bonds. The molecule has 1 N–H and O–H groups in total. The fourth-order valence-corrected chi connectivity index (χ4v) is 1.69. The lowest BCUT2D eigenvalue weighted by atomic mass is 10.2. The topological polar surface area (TPSA) is 42.0 Å². The minimum atomic E-state index is -0.107. The van der Waals surface area contributed by atoms with Crippen molar-refractivity contribution in [1.82, 2.24) is 4.98 Å². The molecule has 0 aliphatic heterocycles. The van der Waals surface area contributed by atoms with E-state index >= 15 is 0 Å². The van der Waals surface area contributed by atoms with Gasteiger partial charge in [-0.3, -0.25) is 9.78 Å². The molecule has 0 atom stereocenters. The van der Waals surface area contributed by atoms with Gasteiger partial charge in [-0.1, -0.05) is 18.2 Å². The third-order valence-corrected chi connectivity index (χ3v) is 2.38. The lowest BCUT2D eigenvalue weighted by molar-refractivity contribution is 0.102. The van der Waals surface area contributed by atoms with E-state index in [-0.39, 0.29) is 5.91 Å². The van der Waals surface area contributed by atoms with E-state index in [1.54, 1.807) is 12.1 Å². The number of rotatable bonds is 2. The first kappa shape index (κ1) is 11.3. The molecule has 0 spiro atoms. The van der Waals surface area contributed by atoms with Crippen molar-refractivity contribution in [1.29, 1.82) is 0 Å². The fraction of sp³-hybridized carbons (Fsp3) is 0.143. The molecule has 1 heterocycles. The highest BCUT2D eigenvalue weighted by molar-refractivity contribution is 6.04. The molecule has 3 nitrogen and oxygen atoms in total. The molecule has 3 heteroatoms. The number of hydrogen-bond acceptors (Lipinski definition) is 2. The standard InChI is InChI=1S/C14H14N2O/c1-10-8-12(9-11(2)15-10)14(17)16-13-6-4-3-5-7-13/h3-9H,1-2H3,(H,16,17). The molecular weight excluding hydrogens is 212 g/mol. The molecule has 0 aliphatic carbocycles. The van der Waals surface area contributed by atoms with E-state index in [0.29, 0.717) is 5.56 Å². The first-order chi connectivity index (χ1) is 8.15.